The van der Waals surface area contributed by atoms with Crippen molar-refractivity contribution < 1.29 is 4.79 Å². The predicted octanol–water partition coefficient (Wildman–Crippen LogP) is 2.73. The first-order chi connectivity index (χ1) is 9.54. The number of aryl methyl sites for hydroxylation is 1. The van der Waals surface area contributed by atoms with Crippen LogP contribution in [0.3, 0.4) is 0 Å². The average Bonchev–Trinajstić information content (AvgIpc) is 2.48. The number of hydrogen-bond acceptors (Lipinski definition) is 3. The van der Waals surface area contributed by atoms with Gasteiger partial charge in [-0.15, -0.1) is 0 Å². The Hall–Kier alpha value is -2.80. The molecule has 0 heterocycles. The van der Waals surface area contributed by atoms with Crippen LogP contribution in [0.4, 0.5) is 11.4 Å². The summed E-state index contributed by atoms with van der Waals surface area (Å²) in [6, 6.07) is 14.3. The molecule has 2 rings (SSSR count). The van der Waals surface area contributed by atoms with E-state index in [4.69, 9.17) is 11.0 Å². The third-order valence-electron chi connectivity index (χ3n) is 3.24. The van der Waals surface area contributed by atoms with Crippen molar-refractivity contribution in [1.29, 1.82) is 5.26 Å². The number of nitriles is 1. The molecule has 2 aromatic rings. The molecule has 2 aromatic carbocycles. The summed E-state index contributed by atoms with van der Waals surface area (Å²) < 4.78 is 0. The number of para-hydroxylation sites is 1. The van der Waals surface area contributed by atoms with Crippen molar-refractivity contribution in [2.75, 3.05) is 17.7 Å². The number of carbonyl (C=O) groups is 1. The fourth-order valence-corrected chi connectivity index (χ4v) is 1.92. The van der Waals surface area contributed by atoms with E-state index in [2.05, 4.69) is 0 Å². The third-order valence-corrected chi connectivity index (χ3v) is 3.24. The van der Waals surface area contributed by atoms with Crippen molar-refractivity contribution in [3.8, 4) is 6.07 Å². The highest BCUT2D eigenvalue weighted by molar-refractivity contribution is 6.09. The standard InChI is InChI=1S/C16H15N3O/c1-11-4-3-5-14(15(11)18)16(20)19(2)13-8-6-12(10-17)7-9-13/h3-9H,18H2,1-2H3. The lowest BCUT2D eigenvalue weighted by atomic mass is 10.1. The van der Waals surface area contributed by atoms with Gasteiger partial charge in [-0.25, -0.2) is 0 Å². The normalized spacial score (nSPS) is 9.85. The van der Waals surface area contributed by atoms with Crippen molar-refractivity contribution >= 4 is 17.3 Å². The summed E-state index contributed by atoms with van der Waals surface area (Å²) in [6.07, 6.45) is 0. The summed E-state index contributed by atoms with van der Waals surface area (Å²) >= 11 is 0. The summed E-state index contributed by atoms with van der Waals surface area (Å²) in [7, 11) is 1.69. The Morgan fingerprint density at radius 2 is 1.85 bits per heavy atom. The first-order valence-corrected chi connectivity index (χ1v) is 6.18. The van der Waals surface area contributed by atoms with E-state index in [-0.39, 0.29) is 5.91 Å². The number of nitrogens with zero attached hydrogens (tertiary/aromatic N) is 2. The van der Waals surface area contributed by atoms with Crippen molar-refractivity contribution in [2.24, 2.45) is 0 Å². The smallest absolute Gasteiger partial charge is 0.260 e. The number of amides is 1. The number of nitrogen functional groups attached to an aromatic ring is 1. The van der Waals surface area contributed by atoms with Gasteiger partial charge >= 0.3 is 0 Å². The maximum Gasteiger partial charge on any atom is 0.260 e. The van der Waals surface area contributed by atoms with Crippen LogP contribution in [0.25, 0.3) is 0 Å². The minimum absolute atomic E-state index is 0.170. The molecule has 100 valence electrons. The monoisotopic (exact) mass is 265 g/mol. The molecule has 0 bridgehead atoms. The molecule has 0 atom stereocenters. The summed E-state index contributed by atoms with van der Waals surface area (Å²) in [5, 5.41) is 8.77. The molecule has 1 amide bonds. The Labute approximate surface area is 118 Å². The first-order valence-electron chi connectivity index (χ1n) is 6.18. The third kappa shape index (κ3) is 2.47. The molecular formula is C16H15N3O. The molecule has 0 aromatic heterocycles. The average molecular weight is 265 g/mol. The summed E-state index contributed by atoms with van der Waals surface area (Å²) in [5.74, 6) is -0.170. The maximum atomic E-state index is 12.5. The van der Waals surface area contributed by atoms with Gasteiger partial charge in [-0.3, -0.25) is 4.79 Å². The quantitative estimate of drug-likeness (QED) is 0.849. The zero-order valence-electron chi connectivity index (χ0n) is 11.4. The van der Waals surface area contributed by atoms with Gasteiger partial charge in [0.25, 0.3) is 5.91 Å². The molecule has 20 heavy (non-hydrogen) atoms. The fraction of sp³-hybridized carbons (Fsp3) is 0.125. The number of nitrogens with two attached hydrogens (primary N) is 1. The molecule has 0 radical (unpaired) electrons. The van der Waals surface area contributed by atoms with Gasteiger partial charge in [-0.05, 0) is 42.8 Å². The van der Waals surface area contributed by atoms with Crippen molar-refractivity contribution in [3.63, 3.8) is 0 Å². The Kier molecular flexibility index (Phi) is 3.72. The van der Waals surface area contributed by atoms with Crippen LogP contribution in [-0.2, 0) is 0 Å². The van der Waals surface area contributed by atoms with Crippen LogP contribution >= 0.6 is 0 Å². The molecule has 0 saturated carbocycles. The van der Waals surface area contributed by atoms with Crippen LogP contribution in [0.2, 0.25) is 0 Å². The maximum absolute atomic E-state index is 12.5. The molecular weight excluding hydrogens is 250 g/mol. The lowest BCUT2D eigenvalue weighted by molar-refractivity contribution is 0.0994. The van der Waals surface area contributed by atoms with Crippen LogP contribution in [0.15, 0.2) is 42.5 Å². The highest BCUT2D eigenvalue weighted by Gasteiger charge is 2.16. The van der Waals surface area contributed by atoms with Crippen LogP contribution in [-0.4, -0.2) is 13.0 Å². The molecule has 0 saturated heterocycles. The Morgan fingerprint density at radius 1 is 1.20 bits per heavy atom. The van der Waals surface area contributed by atoms with Gasteiger partial charge in [-0.2, -0.15) is 5.26 Å². The van der Waals surface area contributed by atoms with E-state index in [9.17, 15) is 4.79 Å². The second kappa shape index (κ2) is 5.45. The van der Waals surface area contributed by atoms with E-state index in [0.717, 1.165) is 11.3 Å². The molecule has 0 unspecified atom stereocenters. The summed E-state index contributed by atoms with van der Waals surface area (Å²) in [6.45, 7) is 1.87. The molecule has 0 aliphatic heterocycles. The van der Waals surface area contributed by atoms with E-state index in [1.54, 1.807) is 37.4 Å². The minimum Gasteiger partial charge on any atom is -0.398 e. The first kappa shape index (κ1) is 13.6. The van der Waals surface area contributed by atoms with E-state index < -0.39 is 0 Å². The van der Waals surface area contributed by atoms with Crippen molar-refractivity contribution in [1.82, 2.24) is 0 Å². The van der Waals surface area contributed by atoms with Gasteiger partial charge in [0.15, 0.2) is 0 Å². The molecule has 4 nitrogen and oxygen atoms in total. The van der Waals surface area contributed by atoms with Crippen molar-refractivity contribution in [2.45, 2.75) is 6.92 Å². The molecule has 0 aliphatic carbocycles. The molecule has 0 fully saturated rings. The Balaban J connectivity index is 2.32. The van der Waals surface area contributed by atoms with E-state index in [0.29, 0.717) is 16.8 Å². The van der Waals surface area contributed by atoms with E-state index >= 15 is 0 Å². The molecule has 0 aliphatic rings. The topological polar surface area (TPSA) is 70.1 Å². The highest BCUT2D eigenvalue weighted by atomic mass is 16.2. The number of rotatable bonds is 2. The molecule has 0 spiro atoms. The number of hydrogen-bond donors (Lipinski definition) is 1. The zero-order chi connectivity index (χ0) is 14.7. The van der Waals surface area contributed by atoms with Gasteiger partial charge in [0.05, 0.1) is 17.2 Å². The fourth-order valence-electron chi connectivity index (χ4n) is 1.92. The SMILES string of the molecule is Cc1cccc(C(=O)N(C)c2ccc(C#N)cc2)c1N. The lowest BCUT2D eigenvalue weighted by Gasteiger charge is -2.19. The van der Waals surface area contributed by atoms with Gasteiger partial charge in [0.1, 0.15) is 0 Å². The molecule has 2 N–H and O–H groups in total. The van der Waals surface area contributed by atoms with Gasteiger partial charge in [0, 0.05) is 18.4 Å². The van der Waals surface area contributed by atoms with Crippen LogP contribution in [0.1, 0.15) is 21.5 Å². The van der Waals surface area contributed by atoms with Crippen LogP contribution in [0, 0.1) is 18.3 Å². The predicted molar refractivity (Wildman–Crippen MR) is 79.5 cm³/mol. The number of carbonyl (C=O) groups excluding carboxylic acids is 1. The second-order valence-corrected chi connectivity index (χ2v) is 4.56. The second-order valence-electron chi connectivity index (χ2n) is 4.56. The number of benzene rings is 2. The molecule has 4 heteroatoms. The largest absolute Gasteiger partial charge is 0.398 e. The zero-order valence-corrected chi connectivity index (χ0v) is 11.4. The van der Waals surface area contributed by atoms with Gasteiger partial charge < -0.3 is 10.6 Å². The Morgan fingerprint density at radius 3 is 2.45 bits per heavy atom. The lowest BCUT2D eigenvalue weighted by Crippen LogP contribution is -2.27. The highest BCUT2D eigenvalue weighted by Crippen LogP contribution is 2.21. The van der Waals surface area contributed by atoms with Crippen molar-refractivity contribution in [3.05, 3.63) is 59.2 Å². The summed E-state index contributed by atoms with van der Waals surface area (Å²) in [4.78, 5) is 14.0. The minimum atomic E-state index is -0.170. The summed E-state index contributed by atoms with van der Waals surface area (Å²) in [5.41, 5.74) is 9.09. The van der Waals surface area contributed by atoms with Gasteiger partial charge in [-0.1, -0.05) is 12.1 Å². The number of anilines is 2. The van der Waals surface area contributed by atoms with Crippen LogP contribution in [0.5, 0.6) is 0 Å². The Bertz CT molecular complexity index is 684. The van der Waals surface area contributed by atoms with E-state index in [1.165, 1.54) is 4.90 Å². The van der Waals surface area contributed by atoms with Crippen LogP contribution < -0.4 is 10.6 Å². The van der Waals surface area contributed by atoms with E-state index in [1.807, 2.05) is 25.1 Å². The van der Waals surface area contributed by atoms with Gasteiger partial charge in [0.2, 0.25) is 0 Å².